The van der Waals surface area contributed by atoms with Gasteiger partial charge in [0.2, 0.25) is 0 Å². The van der Waals surface area contributed by atoms with Crippen molar-refractivity contribution in [3.05, 3.63) is 18.0 Å². The molecule has 4 heteroatoms. The Kier molecular flexibility index (Phi) is 3.17. The number of carbonyl (C=O) groups is 1. The Balaban J connectivity index is 1.88. The lowest BCUT2D eigenvalue weighted by Crippen LogP contribution is -2.37. The van der Waals surface area contributed by atoms with Gasteiger partial charge in [-0.05, 0) is 37.7 Å². The zero-order valence-electron chi connectivity index (χ0n) is 9.62. The third-order valence-corrected chi connectivity index (χ3v) is 3.30. The lowest BCUT2D eigenvalue weighted by molar-refractivity contribution is 0.0918. The van der Waals surface area contributed by atoms with Gasteiger partial charge in [-0.15, -0.1) is 0 Å². The SMILES string of the molecule is CC1CCC(NC(=O)c2cc(N)c[nH]2)CC1. The van der Waals surface area contributed by atoms with Crippen molar-refractivity contribution in [2.24, 2.45) is 5.92 Å². The first-order valence-electron chi connectivity index (χ1n) is 5.90. The predicted molar refractivity (Wildman–Crippen MR) is 64.1 cm³/mol. The monoisotopic (exact) mass is 221 g/mol. The van der Waals surface area contributed by atoms with Crippen molar-refractivity contribution in [1.82, 2.24) is 10.3 Å². The molecule has 0 atom stereocenters. The molecule has 0 saturated heterocycles. The molecular formula is C12H19N3O. The number of nitrogens with one attached hydrogen (secondary N) is 2. The summed E-state index contributed by atoms with van der Waals surface area (Å²) in [4.78, 5) is 14.7. The second-order valence-electron chi connectivity index (χ2n) is 4.78. The average Bonchev–Trinajstić information content (AvgIpc) is 2.68. The third-order valence-electron chi connectivity index (χ3n) is 3.30. The molecule has 4 nitrogen and oxygen atoms in total. The number of hydrogen-bond donors (Lipinski definition) is 3. The van der Waals surface area contributed by atoms with E-state index in [0.717, 1.165) is 18.8 Å². The van der Waals surface area contributed by atoms with Crippen molar-refractivity contribution >= 4 is 11.6 Å². The normalized spacial score (nSPS) is 25.3. The summed E-state index contributed by atoms with van der Waals surface area (Å²) in [7, 11) is 0. The number of rotatable bonds is 2. The molecule has 0 spiro atoms. The summed E-state index contributed by atoms with van der Waals surface area (Å²) in [6.45, 7) is 2.27. The largest absolute Gasteiger partial charge is 0.397 e. The van der Waals surface area contributed by atoms with Crippen LogP contribution in [0.25, 0.3) is 0 Å². The van der Waals surface area contributed by atoms with Gasteiger partial charge in [-0.2, -0.15) is 0 Å². The summed E-state index contributed by atoms with van der Waals surface area (Å²) in [6.07, 6.45) is 6.22. The van der Waals surface area contributed by atoms with E-state index in [2.05, 4.69) is 17.2 Å². The van der Waals surface area contributed by atoms with E-state index in [9.17, 15) is 4.79 Å². The minimum absolute atomic E-state index is 0.0451. The van der Waals surface area contributed by atoms with Gasteiger partial charge in [0.1, 0.15) is 5.69 Å². The fourth-order valence-corrected chi connectivity index (χ4v) is 2.21. The van der Waals surface area contributed by atoms with Gasteiger partial charge >= 0.3 is 0 Å². The van der Waals surface area contributed by atoms with Gasteiger partial charge in [0.15, 0.2) is 0 Å². The van der Waals surface area contributed by atoms with Crippen molar-refractivity contribution in [1.29, 1.82) is 0 Å². The molecule has 1 aliphatic rings. The molecule has 1 fully saturated rings. The van der Waals surface area contributed by atoms with E-state index in [0.29, 0.717) is 17.4 Å². The molecule has 0 aliphatic heterocycles. The van der Waals surface area contributed by atoms with Gasteiger partial charge in [-0.1, -0.05) is 6.92 Å². The number of hydrogen-bond acceptors (Lipinski definition) is 2. The highest BCUT2D eigenvalue weighted by atomic mass is 16.1. The van der Waals surface area contributed by atoms with Gasteiger partial charge in [0.25, 0.3) is 5.91 Å². The van der Waals surface area contributed by atoms with Crippen LogP contribution in [-0.2, 0) is 0 Å². The molecule has 4 N–H and O–H groups in total. The Hall–Kier alpha value is -1.45. The maximum atomic E-state index is 11.8. The molecule has 1 heterocycles. The summed E-state index contributed by atoms with van der Waals surface area (Å²) in [6, 6.07) is 1.99. The summed E-state index contributed by atoms with van der Waals surface area (Å²) in [5.74, 6) is 0.755. The second-order valence-corrected chi connectivity index (χ2v) is 4.78. The first-order valence-corrected chi connectivity index (χ1v) is 5.90. The highest BCUT2D eigenvalue weighted by Crippen LogP contribution is 2.23. The zero-order chi connectivity index (χ0) is 11.5. The lowest BCUT2D eigenvalue weighted by atomic mass is 9.87. The molecule has 88 valence electrons. The number of H-pyrrole nitrogens is 1. The smallest absolute Gasteiger partial charge is 0.267 e. The van der Waals surface area contributed by atoms with Crippen molar-refractivity contribution in [2.75, 3.05) is 5.73 Å². The van der Waals surface area contributed by atoms with Gasteiger partial charge < -0.3 is 16.0 Å². The predicted octanol–water partition coefficient (Wildman–Crippen LogP) is 1.91. The molecule has 1 amide bonds. The summed E-state index contributed by atoms with van der Waals surface area (Å²) in [5, 5.41) is 3.04. The summed E-state index contributed by atoms with van der Waals surface area (Å²) >= 11 is 0. The molecule has 2 rings (SSSR count). The van der Waals surface area contributed by atoms with E-state index in [1.807, 2.05) is 0 Å². The Bertz CT molecular complexity index is 364. The summed E-state index contributed by atoms with van der Waals surface area (Å²) in [5.41, 5.74) is 6.71. The Morgan fingerprint density at radius 1 is 1.44 bits per heavy atom. The van der Waals surface area contributed by atoms with Gasteiger partial charge in [0, 0.05) is 17.9 Å². The van der Waals surface area contributed by atoms with Crippen LogP contribution in [0.2, 0.25) is 0 Å². The second kappa shape index (κ2) is 4.60. The molecular weight excluding hydrogens is 202 g/mol. The molecule has 0 bridgehead atoms. The maximum Gasteiger partial charge on any atom is 0.267 e. The topological polar surface area (TPSA) is 70.9 Å². The number of aromatic nitrogens is 1. The van der Waals surface area contributed by atoms with E-state index in [-0.39, 0.29) is 5.91 Å². The third kappa shape index (κ3) is 2.56. The van der Waals surface area contributed by atoms with Crippen LogP contribution in [0.1, 0.15) is 43.1 Å². The van der Waals surface area contributed by atoms with Gasteiger partial charge in [-0.3, -0.25) is 4.79 Å². The van der Waals surface area contributed by atoms with Crippen LogP contribution in [0, 0.1) is 5.92 Å². The zero-order valence-corrected chi connectivity index (χ0v) is 9.62. The Morgan fingerprint density at radius 3 is 2.69 bits per heavy atom. The highest BCUT2D eigenvalue weighted by molar-refractivity contribution is 5.93. The van der Waals surface area contributed by atoms with Crippen molar-refractivity contribution in [3.8, 4) is 0 Å². The number of amides is 1. The number of anilines is 1. The average molecular weight is 221 g/mol. The molecule has 1 aromatic heterocycles. The van der Waals surface area contributed by atoms with Crippen LogP contribution < -0.4 is 11.1 Å². The van der Waals surface area contributed by atoms with Crippen molar-refractivity contribution in [2.45, 2.75) is 38.6 Å². The molecule has 0 radical (unpaired) electrons. The fourth-order valence-electron chi connectivity index (χ4n) is 2.21. The van der Waals surface area contributed by atoms with E-state index < -0.39 is 0 Å². The van der Waals surface area contributed by atoms with Crippen molar-refractivity contribution < 1.29 is 4.79 Å². The van der Waals surface area contributed by atoms with E-state index in [1.165, 1.54) is 12.8 Å². The Morgan fingerprint density at radius 2 is 2.12 bits per heavy atom. The molecule has 1 aliphatic carbocycles. The number of aromatic amines is 1. The minimum atomic E-state index is -0.0451. The van der Waals surface area contributed by atoms with Gasteiger partial charge in [0.05, 0.1) is 0 Å². The molecule has 16 heavy (non-hydrogen) atoms. The highest BCUT2D eigenvalue weighted by Gasteiger charge is 2.20. The van der Waals surface area contributed by atoms with Crippen LogP contribution in [-0.4, -0.2) is 16.9 Å². The standard InChI is InChI=1S/C12H19N3O/c1-8-2-4-10(5-3-8)15-12(16)11-6-9(13)7-14-11/h6-8,10,14H,2-5,13H2,1H3,(H,15,16). The Labute approximate surface area is 95.6 Å². The first-order chi connectivity index (χ1) is 7.65. The number of nitrogens with two attached hydrogens (primary N) is 1. The lowest BCUT2D eigenvalue weighted by Gasteiger charge is -2.26. The molecule has 1 aromatic rings. The van der Waals surface area contributed by atoms with E-state index in [1.54, 1.807) is 12.3 Å². The minimum Gasteiger partial charge on any atom is -0.397 e. The summed E-state index contributed by atoms with van der Waals surface area (Å²) < 4.78 is 0. The molecule has 0 aromatic carbocycles. The van der Waals surface area contributed by atoms with E-state index >= 15 is 0 Å². The maximum absolute atomic E-state index is 11.8. The number of carbonyl (C=O) groups excluding carboxylic acids is 1. The fraction of sp³-hybridized carbons (Fsp3) is 0.583. The van der Waals surface area contributed by atoms with Crippen LogP contribution in [0.5, 0.6) is 0 Å². The molecule has 1 saturated carbocycles. The number of nitrogen functional groups attached to an aromatic ring is 1. The quantitative estimate of drug-likeness (QED) is 0.713. The van der Waals surface area contributed by atoms with Crippen LogP contribution in [0.3, 0.4) is 0 Å². The molecule has 0 unspecified atom stereocenters. The van der Waals surface area contributed by atoms with Gasteiger partial charge in [-0.25, -0.2) is 0 Å². The van der Waals surface area contributed by atoms with E-state index in [4.69, 9.17) is 5.73 Å². The first kappa shape index (κ1) is 11.0. The van der Waals surface area contributed by atoms with Crippen LogP contribution in [0.15, 0.2) is 12.3 Å². The van der Waals surface area contributed by atoms with Crippen LogP contribution in [0.4, 0.5) is 5.69 Å². The van der Waals surface area contributed by atoms with Crippen molar-refractivity contribution in [3.63, 3.8) is 0 Å². The van der Waals surface area contributed by atoms with Crippen LogP contribution >= 0.6 is 0 Å².